The van der Waals surface area contributed by atoms with Gasteiger partial charge in [-0.25, -0.2) is 21.9 Å². The lowest BCUT2D eigenvalue weighted by Gasteiger charge is -2.18. The van der Waals surface area contributed by atoms with E-state index in [9.17, 15) is 22.0 Å². The minimum Gasteiger partial charge on any atom is -0.348 e. The van der Waals surface area contributed by atoms with Crippen LogP contribution in [0.5, 0.6) is 0 Å². The maximum Gasteiger partial charge on any atom is 0.262 e. The van der Waals surface area contributed by atoms with Gasteiger partial charge < -0.3 is 5.32 Å². The highest BCUT2D eigenvalue weighted by molar-refractivity contribution is 7.89. The van der Waals surface area contributed by atoms with Gasteiger partial charge >= 0.3 is 0 Å². The van der Waals surface area contributed by atoms with E-state index >= 15 is 0 Å². The molecule has 0 aliphatic carbocycles. The van der Waals surface area contributed by atoms with Crippen LogP contribution in [-0.4, -0.2) is 39.9 Å². The van der Waals surface area contributed by atoms with Crippen LogP contribution in [0.4, 0.5) is 8.78 Å². The van der Waals surface area contributed by atoms with Gasteiger partial charge in [-0.2, -0.15) is 0 Å². The first-order chi connectivity index (χ1) is 10.6. The molecule has 0 aromatic heterocycles. The molecule has 0 saturated carbocycles. The molecule has 1 aromatic carbocycles. The number of carbonyl (C=O) groups excluding carboxylic acids is 1. The van der Waals surface area contributed by atoms with Crippen LogP contribution in [0.3, 0.4) is 0 Å². The van der Waals surface area contributed by atoms with E-state index in [0.717, 1.165) is 0 Å². The Balaban J connectivity index is 0.00000288. The molecule has 2 unspecified atom stereocenters. The number of benzene rings is 1. The molecule has 1 aliphatic rings. The minimum atomic E-state index is -3.52. The van der Waals surface area contributed by atoms with Crippen LogP contribution in [0.25, 0.3) is 0 Å². The monoisotopic (exact) mass is 383 g/mol. The fourth-order valence-corrected chi connectivity index (χ4v) is 3.08. The van der Waals surface area contributed by atoms with Crippen LogP contribution >= 0.6 is 12.4 Å². The number of nitrogens with one attached hydrogen (secondary N) is 3. The van der Waals surface area contributed by atoms with E-state index in [1.54, 1.807) is 19.1 Å². The predicted molar refractivity (Wildman–Crippen MR) is 87.8 cm³/mol. The van der Waals surface area contributed by atoms with Gasteiger partial charge in [0.15, 0.2) is 0 Å². The molecule has 1 aliphatic heterocycles. The van der Waals surface area contributed by atoms with Crippen molar-refractivity contribution in [2.24, 2.45) is 0 Å². The third kappa shape index (κ3) is 4.85. The molecule has 2 atom stereocenters. The van der Waals surface area contributed by atoms with Gasteiger partial charge in [0.25, 0.3) is 5.92 Å². The molecule has 0 bridgehead atoms. The van der Waals surface area contributed by atoms with Gasteiger partial charge in [-0.05, 0) is 31.7 Å². The number of amides is 1. The molecule has 10 heteroatoms. The largest absolute Gasteiger partial charge is 0.348 e. The van der Waals surface area contributed by atoms with Crippen molar-refractivity contribution in [3.8, 4) is 0 Å². The highest BCUT2D eigenvalue weighted by atomic mass is 35.5. The number of rotatable bonds is 5. The van der Waals surface area contributed by atoms with Crippen LogP contribution in [0, 0.1) is 0 Å². The quantitative estimate of drug-likeness (QED) is 0.712. The molecule has 6 nitrogen and oxygen atoms in total. The number of alkyl halides is 2. The van der Waals surface area contributed by atoms with E-state index in [1.807, 2.05) is 0 Å². The molecule has 136 valence electrons. The molecule has 24 heavy (non-hydrogen) atoms. The first-order valence-corrected chi connectivity index (χ1v) is 8.58. The lowest BCUT2D eigenvalue weighted by Crippen LogP contribution is -2.41. The van der Waals surface area contributed by atoms with Crippen LogP contribution in [0.1, 0.15) is 24.9 Å². The summed E-state index contributed by atoms with van der Waals surface area (Å²) >= 11 is 0. The third-order valence-corrected chi connectivity index (χ3v) is 5.17. The summed E-state index contributed by atoms with van der Waals surface area (Å²) in [7, 11) is -2.20. The molecule has 1 aromatic rings. The van der Waals surface area contributed by atoms with Crippen LogP contribution in [0.2, 0.25) is 0 Å². The van der Waals surface area contributed by atoms with Gasteiger partial charge in [0.05, 0.1) is 23.5 Å². The average Bonchev–Trinajstić information content (AvgIpc) is 2.87. The highest BCUT2D eigenvalue weighted by Gasteiger charge is 2.42. The topological polar surface area (TPSA) is 87.3 Å². The number of carbonyl (C=O) groups is 1. The smallest absolute Gasteiger partial charge is 0.262 e. The van der Waals surface area contributed by atoms with Crippen molar-refractivity contribution in [2.75, 3.05) is 13.6 Å². The highest BCUT2D eigenvalue weighted by Crippen LogP contribution is 2.25. The number of halogens is 3. The molecule has 3 N–H and O–H groups in total. The van der Waals surface area contributed by atoms with Crippen LogP contribution in [0.15, 0.2) is 29.2 Å². The van der Waals surface area contributed by atoms with E-state index in [-0.39, 0.29) is 17.3 Å². The zero-order chi connectivity index (χ0) is 17.3. The summed E-state index contributed by atoms with van der Waals surface area (Å²) in [6, 6.07) is 4.65. The summed E-state index contributed by atoms with van der Waals surface area (Å²) in [5.41, 5.74) is 0.679. The molecule has 1 saturated heterocycles. The van der Waals surface area contributed by atoms with Gasteiger partial charge in [-0.3, -0.25) is 10.1 Å². The van der Waals surface area contributed by atoms with E-state index in [0.29, 0.717) is 5.56 Å². The van der Waals surface area contributed by atoms with Crippen molar-refractivity contribution in [1.29, 1.82) is 0 Å². The van der Waals surface area contributed by atoms with E-state index in [4.69, 9.17) is 0 Å². The Labute approximate surface area is 145 Å². The first kappa shape index (κ1) is 20.8. The van der Waals surface area contributed by atoms with E-state index in [2.05, 4.69) is 15.4 Å². The van der Waals surface area contributed by atoms with Crippen molar-refractivity contribution in [1.82, 2.24) is 15.4 Å². The van der Waals surface area contributed by atoms with E-state index in [1.165, 1.54) is 19.2 Å². The second kappa shape index (κ2) is 7.73. The predicted octanol–water partition coefficient (Wildman–Crippen LogP) is 1.19. The van der Waals surface area contributed by atoms with Crippen LogP contribution < -0.4 is 15.4 Å². The SMILES string of the molecule is CNS(=O)(=O)c1ccc(C(C)NC(=O)C2CC(F)(F)CN2)cc1.Cl. The molecule has 1 heterocycles. The molecule has 0 spiro atoms. The number of hydrogen-bond acceptors (Lipinski definition) is 4. The Morgan fingerprint density at radius 2 is 1.92 bits per heavy atom. The Hall–Kier alpha value is -1.29. The Kier molecular flexibility index (Phi) is 6.68. The van der Waals surface area contributed by atoms with Gasteiger partial charge in [-0.1, -0.05) is 12.1 Å². The maximum absolute atomic E-state index is 13.1. The summed E-state index contributed by atoms with van der Waals surface area (Å²) in [6.07, 6.45) is -0.523. The summed E-state index contributed by atoms with van der Waals surface area (Å²) in [6.45, 7) is 1.20. The van der Waals surface area contributed by atoms with E-state index < -0.39 is 46.9 Å². The summed E-state index contributed by atoms with van der Waals surface area (Å²) in [5.74, 6) is -3.37. The zero-order valence-electron chi connectivity index (χ0n) is 13.2. The van der Waals surface area contributed by atoms with Gasteiger partial charge in [-0.15, -0.1) is 12.4 Å². The molecular weight excluding hydrogens is 364 g/mol. The summed E-state index contributed by atoms with van der Waals surface area (Å²) in [5, 5.41) is 5.14. The van der Waals surface area contributed by atoms with Gasteiger partial charge in [0, 0.05) is 6.42 Å². The van der Waals surface area contributed by atoms with Crippen molar-refractivity contribution in [3.63, 3.8) is 0 Å². The first-order valence-electron chi connectivity index (χ1n) is 7.10. The normalized spacial score (nSPS) is 20.9. The minimum absolute atomic E-state index is 0. The summed E-state index contributed by atoms with van der Waals surface area (Å²) < 4.78 is 51.7. The number of hydrogen-bond donors (Lipinski definition) is 3. The second-order valence-electron chi connectivity index (χ2n) is 5.50. The van der Waals surface area contributed by atoms with Crippen molar-refractivity contribution in [3.05, 3.63) is 29.8 Å². The van der Waals surface area contributed by atoms with Crippen molar-refractivity contribution in [2.45, 2.75) is 36.2 Å². The van der Waals surface area contributed by atoms with Gasteiger partial charge in [0.1, 0.15) is 0 Å². The zero-order valence-corrected chi connectivity index (χ0v) is 14.8. The Morgan fingerprint density at radius 1 is 1.33 bits per heavy atom. The lowest BCUT2D eigenvalue weighted by molar-refractivity contribution is -0.124. The fourth-order valence-electron chi connectivity index (χ4n) is 2.35. The number of sulfonamides is 1. The summed E-state index contributed by atoms with van der Waals surface area (Å²) in [4.78, 5) is 12.1. The molecule has 1 fully saturated rings. The van der Waals surface area contributed by atoms with Crippen LogP contribution in [-0.2, 0) is 14.8 Å². The molecule has 1 amide bonds. The van der Waals surface area contributed by atoms with Crippen molar-refractivity contribution >= 4 is 28.3 Å². The molecule has 0 radical (unpaired) electrons. The molecule has 2 rings (SSSR count). The van der Waals surface area contributed by atoms with Crippen molar-refractivity contribution < 1.29 is 22.0 Å². The second-order valence-corrected chi connectivity index (χ2v) is 7.39. The Morgan fingerprint density at radius 3 is 2.38 bits per heavy atom. The standard InChI is InChI=1S/C14H19F2N3O3S.ClH/c1-9(19-13(20)12-7-14(15,16)8-18-12)10-3-5-11(6-4-10)23(21,22)17-2;/h3-6,9,12,17-18H,7-8H2,1-2H3,(H,19,20);1H. The average molecular weight is 384 g/mol. The van der Waals surface area contributed by atoms with Gasteiger partial charge in [0.2, 0.25) is 15.9 Å². The molecular formula is C14H20ClF2N3O3S. The Bertz CT molecular complexity index is 683. The maximum atomic E-state index is 13.1. The third-order valence-electron chi connectivity index (χ3n) is 3.74. The fraction of sp³-hybridized carbons (Fsp3) is 0.500. The lowest BCUT2D eigenvalue weighted by atomic mass is 10.1.